The highest BCUT2D eigenvalue weighted by Crippen LogP contribution is 2.36. The van der Waals surface area contributed by atoms with Crippen LogP contribution in [-0.2, 0) is 16.1 Å². The highest BCUT2D eigenvalue weighted by atomic mass is 35.5. The summed E-state index contributed by atoms with van der Waals surface area (Å²) in [7, 11) is 3.08. The number of allylic oxidation sites excluding steroid dienone is 1. The highest BCUT2D eigenvalue weighted by molar-refractivity contribution is 7.07. The van der Waals surface area contributed by atoms with E-state index in [4.69, 9.17) is 30.5 Å². The molecule has 0 radical (unpaired) electrons. The van der Waals surface area contributed by atoms with E-state index in [1.807, 2.05) is 60.7 Å². The fourth-order valence-corrected chi connectivity index (χ4v) is 5.86. The van der Waals surface area contributed by atoms with Crippen LogP contribution in [0.15, 0.2) is 87.8 Å². The first-order chi connectivity index (χ1) is 20.3. The fourth-order valence-electron chi connectivity index (χ4n) is 4.69. The SMILES string of the molecule is CCOC(=O)C1=C(C)N=c2s/c(=C\c3ccc(OCc4ccc(Cl)cc4)cc3)c(=O)n2C1c1ccc(OC)c(OC)c1. The number of nitrogens with zero attached hydrogens (tertiary/aromatic N) is 2. The number of methoxy groups -OCH3 is 2. The predicted octanol–water partition coefficient (Wildman–Crippen LogP) is 5.05. The summed E-state index contributed by atoms with van der Waals surface area (Å²) in [6.45, 7) is 4.09. The van der Waals surface area contributed by atoms with Crippen LogP contribution in [0.25, 0.3) is 6.08 Å². The maximum Gasteiger partial charge on any atom is 0.338 e. The number of carbonyl (C=O) groups excluding carboxylic acids is 1. The molecule has 4 aromatic rings. The Hall–Kier alpha value is -4.34. The number of aromatic nitrogens is 1. The molecule has 2 heterocycles. The van der Waals surface area contributed by atoms with Crippen LogP contribution in [-0.4, -0.2) is 31.4 Å². The van der Waals surface area contributed by atoms with Gasteiger partial charge in [0, 0.05) is 5.02 Å². The van der Waals surface area contributed by atoms with E-state index in [1.165, 1.54) is 18.4 Å². The van der Waals surface area contributed by atoms with Crippen molar-refractivity contribution < 1.29 is 23.7 Å². The first-order valence-corrected chi connectivity index (χ1v) is 14.4. The number of hydrogen-bond acceptors (Lipinski definition) is 8. The van der Waals surface area contributed by atoms with Gasteiger partial charge in [0.1, 0.15) is 12.4 Å². The average molecular weight is 605 g/mol. The second-order valence-corrected chi connectivity index (χ2v) is 10.8. The van der Waals surface area contributed by atoms with Gasteiger partial charge in [-0.2, -0.15) is 0 Å². The van der Waals surface area contributed by atoms with Crippen molar-refractivity contribution in [3.63, 3.8) is 0 Å². The van der Waals surface area contributed by atoms with Crippen LogP contribution in [0, 0.1) is 0 Å². The van der Waals surface area contributed by atoms with E-state index in [0.717, 1.165) is 11.1 Å². The zero-order valence-electron chi connectivity index (χ0n) is 23.5. The number of thiazole rings is 1. The molecular formula is C32H29ClN2O6S. The Bertz CT molecular complexity index is 1820. The van der Waals surface area contributed by atoms with Crippen molar-refractivity contribution in [2.75, 3.05) is 20.8 Å². The lowest BCUT2D eigenvalue weighted by molar-refractivity contribution is -0.139. The van der Waals surface area contributed by atoms with E-state index in [2.05, 4.69) is 4.99 Å². The number of esters is 1. The molecule has 0 amide bonds. The first kappa shape index (κ1) is 29.2. The Balaban J connectivity index is 1.52. The fraction of sp³-hybridized carbons (Fsp3) is 0.219. The van der Waals surface area contributed by atoms with Gasteiger partial charge in [-0.3, -0.25) is 9.36 Å². The van der Waals surface area contributed by atoms with Crippen molar-refractivity contribution in [3.05, 3.63) is 119 Å². The molecule has 1 atom stereocenters. The summed E-state index contributed by atoms with van der Waals surface area (Å²) in [4.78, 5) is 32.1. The molecule has 10 heteroatoms. The molecule has 216 valence electrons. The molecule has 42 heavy (non-hydrogen) atoms. The van der Waals surface area contributed by atoms with Gasteiger partial charge in [-0.1, -0.05) is 53.3 Å². The molecule has 0 fully saturated rings. The number of hydrogen-bond donors (Lipinski definition) is 0. The maximum absolute atomic E-state index is 13.9. The third kappa shape index (κ3) is 5.98. The summed E-state index contributed by atoms with van der Waals surface area (Å²) in [5.74, 6) is 1.19. The molecule has 0 bridgehead atoms. The molecule has 0 saturated carbocycles. The van der Waals surface area contributed by atoms with Crippen molar-refractivity contribution in [1.29, 1.82) is 0 Å². The molecule has 0 saturated heterocycles. The second kappa shape index (κ2) is 12.7. The predicted molar refractivity (Wildman–Crippen MR) is 162 cm³/mol. The van der Waals surface area contributed by atoms with Gasteiger partial charge >= 0.3 is 5.97 Å². The van der Waals surface area contributed by atoms with Gasteiger partial charge in [-0.05, 0) is 73.0 Å². The summed E-state index contributed by atoms with van der Waals surface area (Å²) in [6, 6.07) is 19.5. The number of halogens is 1. The molecule has 0 N–H and O–H groups in total. The molecular weight excluding hydrogens is 576 g/mol. The van der Waals surface area contributed by atoms with E-state index >= 15 is 0 Å². The number of carbonyl (C=O) groups is 1. The number of rotatable bonds is 9. The number of ether oxygens (including phenoxy) is 4. The van der Waals surface area contributed by atoms with Crippen LogP contribution in [0.3, 0.4) is 0 Å². The minimum atomic E-state index is -0.758. The Labute approximate surface area is 251 Å². The number of benzene rings is 3. The first-order valence-electron chi connectivity index (χ1n) is 13.2. The van der Waals surface area contributed by atoms with Crippen LogP contribution >= 0.6 is 22.9 Å². The summed E-state index contributed by atoms with van der Waals surface area (Å²) in [5, 5.41) is 0.677. The third-order valence-electron chi connectivity index (χ3n) is 6.74. The van der Waals surface area contributed by atoms with E-state index < -0.39 is 12.0 Å². The third-order valence-corrected chi connectivity index (χ3v) is 7.97. The van der Waals surface area contributed by atoms with Gasteiger partial charge < -0.3 is 18.9 Å². The summed E-state index contributed by atoms with van der Waals surface area (Å²) >= 11 is 7.22. The maximum atomic E-state index is 13.9. The van der Waals surface area contributed by atoms with Gasteiger partial charge in [0.2, 0.25) is 0 Å². The average Bonchev–Trinajstić information content (AvgIpc) is 3.30. The lowest BCUT2D eigenvalue weighted by atomic mass is 9.95. The Morgan fingerprint density at radius 1 is 1.02 bits per heavy atom. The van der Waals surface area contributed by atoms with Crippen molar-refractivity contribution in [3.8, 4) is 17.2 Å². The molecule has 0 aliphatic carbocycles. The van der Waals surface area contributed by atoms with Gasteiger partial charge in [-0.15, -0.1) is 0 Å². The van der Waals surface area contributed by atoms with Crippen LogP contribution in [0.1, 0.15) is 36.6 Å². The van der Waals surface area contributed by atoms with E-state index in [1.54, 1.807) is 37.7 Å². The molecule has 5 rings (SSSR count). The van der Waals surface area contributed by atoms with Crippen LogP contribution in [0.2, 0.25) is 5.02 Å². The minimum Gasteiger partial charge on any atom is -0.493 e. The Morgan fingerprint density at radius 2 is 1.74 bits per heavy atom. The van der Waals surface area contributed by atoms with Crippen LogP contribution in [0.4, 0.5) is 0 Å². The normalized spacial score (nSPS) is 14.7. The monoisotopic (exact) mass is 604 g/mol. The molecule has 1 aliphatic heterocycles. The van der Waals surface area contributed by atoms with Crippen LogP contribution in [0.5, 0.6) is 17.2 Å². The highest BCUT2D eigenvalue weighted by Gasteiger charge is 2.33. The second-order valence-electron chi connectivity index (χ2n) is 9.40. The van der Waals surface area contributed by atoms with Crippen molar-refractivity contribution in [2.24, 2.45) is 4.99 Å². The molecule has 1 aromatic heterocycles. The summed E-state index contributed by atoms with van der Waals surface area (Å²) in [6.07, 6.45) is 1.81. The van der Waals surface area contributed by atoms with Crippen LogP contribution < -0.4 is 29.1 Å². The topological polar surface area (TPSA) is 88.4 Å². The zero-order chi connectivity index (χ0) is 29.8. The van der Waals surface area contributed by atoms with E-state index in [9.17, 15) is 9.59 Å². The van der Waals surface area contributed by atoms with Gasteiger partial charge in [0.05, 0.1) is 42.7 Å². The number of fused-ring (bicyclic) bond motifs is 1. The lowest BCUT2D eigenvalue weighted by Gasteiger charge is -2.25. The molecule has 1 unspecified atom stereocenters. The van der Waals surface area contributed by atoms with Crippen molar-refractivity contribution in [1.82, 2.24) is 4.57 Å². The van der Waals surface area contributed by atoms with Gasteiger partial charge in [0.15, 0.2) is 16.3 Å². The Kier molecular flexibility index (Phi) is 8.80. The van der Waals surface area contributed by atoms with Crippen molar-refractivity contribution >= 4 is 35.0 Å². The van der Waals surface area contributed by atoms with E-state index in [-0.39, 0.29) is 12.2 Å². The minimum absolute atomic E-state index is 0.193. The van der Waals surface area contributed by atoms with Gasteiger partial charge in [-0.25, -0.2) is 9.79 Å². The Morgan fingerprint density at radius 3 is 2.40 bits per heavy atom. The zero-order valence-corrected chi connectivity index (χ0v) is 25.1. The molecule has 8 nitrogen and oxygen atoms in total. The van der Waals surface area contributed by atoms with E-state index in [0.29, 0.717) is 55.0 Å². The standard InChI is InChI=1S/C32H29ClN2O6S/c1-5-40-31(37)28-19(2)34-32-35(29(28)22-10-15-25(38-3)26(17-22)39-4)30(36)27(42-32)16-20-8-13-24(14-9-20)41-18-21-6-11-23(33)12-7-21/h6-17,29H,5,18H2,1-4H3/b27-16-. The lowest BCUT2D eigenvalue weighted by Crippen LogP contribution is -2.39. The smallest absolute Gasteiger partial charge is 0.338 e. The molecule has 1 aliphatic rings. The quantitative estimate of drug-likeness (QED) is 0.249. The van der Waals surface area contributed by atoms with Gasteiger partial charge in [0.25, 0.3) is 5.56 Å². The molecule has 3 aromatic carbocycles. The summed E-state index contributed by atoms with van der Waals surface area (Å²) in [5.41, 5.74) is 3.01. The summed E-state index contributed by atoms with van der Waals surface area (Å²) < 4.78 is 24.2. The van der Waals surface area contributed by atoms with Crippen molar-refractivity contribution in [2.45, 2.75) is 26.5 Å². The molecule has 0 spiro atoms. The largest absolute Gasteiger partial charge is 0.493 e.